The molecule has 3 aromatic rings. The van der Waals surface area contributed by atoms with E-state index in [1.54, 1.807) is 11.3 Å². The highest BCUT2D eigenvalue weighted by molar-refractivity contribution is 7.13. The van der Waals surface area contributed by atoms with Crippen molar-refractivity contribution >= 4 is 11.3 Å². The summed E-state index contributed by atoms with van der Waals surface area (Å²) in [6, 6.07) is 6.24. The lowest BCUT2D eigenvalue weighted by Crippen LogP contribution is -2.22. The van der Waals surface area contributed by atoms with E-state index in [2.05, 4.69) is 20.2 Å². The number of hydrogen-bond acceptors (Lipinski definition) is 7. The van der Waals surface area contributed by atoms with E-state index >= 15 is 0 Å². The molecule has 1 aliphatic heterocycles. The molecular weight excluding hydrogens is 300 g/mol. The van der Waals surface area contributed by atoms with Crippen LogP contribution < -0.4 is 0 Å². The van der Waals surface area contributed by atoms with Crippen LogP contribution in [0.4, 0.5) is 0 Å². The van der Waals surface area contributed by atoms with Crippen LogP contribution in [-0.2, 0) is 6.54 Å². The lowest BCUT2D eigenvalue weighted by Gasteiger charge is -2.19. The SMILES string of the molecule is Cc1cc([C@@H]2CCCN2Cc2nc(-c3cccs3)no2)on1. The molecule has 0 aromatic carbocycles. The van der Waals surface area contributed by atoms with Gasteiger partial charge in [-0.1, -0.05) is 16.4 Å². The largest absolute Gasteiger partial charge is 0.359 e. The Kier molecular flexibility index (Phi) is 3.51. The normalized spacial score (nSPS) is 19.0. The lowest BCUT2D eigenvalue weighted by atomic mass is 10.1. The number of nitrogens with zero attached hydrogens (tertiary/aromatic N) is 4. The summed E-state index contributed by atoms with van der Waals surface area (Å²) in [6.07, 6.45) is 2.21. The molecule has 0 saturated carbocycles. The van der Waals surface area contributed by atoms with E-state index in [9.17, 15) is 0 Å². The first-order chi connectivity index (χ1) is 10.8. The molecule has 1 atom stereocenters. The van der Waals surface area contributed by atoms with Gasteiger partial charge in [0.1, 0.15) is 0 Å². The van der Waals surface area contributed by atoms with Gasteiger partial charge in [0.15, 0.2) is 5.76 Å². The quantitative estimate of drug-likeness (QED) is 0.734. The van der Waals surface area contributed by atoms with Gasteiger partial charge >= 0.3 is 0 Å². The van der Waals surface area contributed by atoms with Crippen LogP contribution in [0.25, 0.3) is 10.7 Å². The number of hydrogen-bond donors (Lipinski definition) is 0. The van der Waals surface area contributed by atoms with Gasteiger partial charge in [-0.05, 0) is 37.8 Å². The van der Waals surface area contributed by atoms with Crippen molar-refractivity contribution in [1.82, 2.24) is 20.2 Å². The predicted octanol–water partition coefficient (Wildman–Crippen LogP) is 3.43. The minimum atomic E-state index is 0.248. The van der Waals surface area contributed by atoms with Crippen molar-refractivity contribution < 1.29 is 9.05 Å². The van der Waals surface area contributed by atoms with Crippen molar-refractivity contribution in [2.75, 3.05) is 6.54 Å². The third kappa shape index (κ3) is 2.57. The summed E-state index contributed by atoms with van der Waals surface area (Å²) in [5.74, 6) is 2.23. The second-order valence-corrected chi connectivity index (χ2v) is 6.44. The zero-order valence-corrected chi connectivity index (χ0v) is 13.0. The van der Waals surface area contributed by atoms with E-state index in [0.29, 0.717) is 18.3 Å². The maximum atomic E-state index is 5.42. The molecule has 0 radical (unpaired) electrons. The minimum Gasteiger partial charge on any atom is -0.359 e. The first kappa shape index (κ1) is 13.7. The van der Waals surface area contributed by atoms with E-state index in [1.165, 1.54) is 0 Å². The fraction of sp³-hybridized carbons (Fsp3) is 0.400. The van der Waals surface area contributed by atoms with Gasteiger partial charge in [0.05, 0.1) is 23.2 Å². The zero-order valence-electron chi connectivity index (χ0n) is 12.2. The van der Waals surface area contributed by atoms with Crippen LogP contribution in [-0.4, -0.2) is 26.7 Å². The Morgan fingerprint density at radius 3 is 3.09 bits per heavy atom. The third-order valence-corrected chi connectivity index (χ3v) is 4.75. The molecule has 4 heterocycles. The highest BCUT2D eigenvalue weighted by Gasteiger charge is 2.30. The Bertz CT molecular complexity index is 749. The van der Waals surface area contributed by atoms with Crippen molar-refractivity contribution in [2.24, 2.45) is 0 Å². The van der Waals surface area contributed by atoms with Crippen molar-refractivity contribution in [3.63, 3.8) is 0 Å². The molecule has 0 aliphatic carbocycles. The number of aryl methyl sites for hydroxylation is 1. The van der Waals surface area contributed by atoms with E-state index in [-0.39, 0.29) is 6.04 Å². The van der Waals surface area contributed by atoms with E-state index in [4.69, 9.17) is 9.05 Å². The van der Waals surface area contributed by atoms with E-state index < -0.39 is 0 Å². The summed E-state index contributed by atoms with van der Waals surface area (Å²) >= 11 is 1.61. The monoisotopic (exact) mass is 316 g/mol. The Morgan fingerprint density at radius 1 is 1.36 bits per heavy atom. The van der Waals surface area contributed by atoms with Crippen LogP contribution in [0.3, 0.4) is 0 Å². The molecular formula is C15H16N4O2S. The summed E-state index contributed by atoms with van der Waals surface area (Å²) in [6.45, 7) is 3.58. The summed E-state index contributed by atoms with van der Waals surface area (Å²) < 4.78 is 10.8. The van der Waals surface area contributed by atoms with E-state index in [1.807, 2.05) is 30.5 Å². The molecule has 0 bridgehead atoms. The fourth-order valence-electron chi connectivity index (χ4n) is 2.88. The molecule has 3 aromatic heterocycles. The van der Waals surface area contributed by atoms with Crippen LogP contribution in [0.15, 0.2) is 32.6 Å². The van der Waals surface area contributed by atoms with Gasteiger partial charge in [-0.2, -0.15) is 4.98 Å². The van der Waals surface area contributed by atoms with Gasteiger partial charge in [0.2, 0.25) is 11.7 Å². The maximum Gasteiger partial charge on any atom is 0.241 e. The molecule has 22 heavy (non-hydrogen) atoms. The van der Waals surface area contributed by atoms with Crippen LogP contribution >= 0.6 is 11.3 Å². The lowest BCUT2D eigenvalue weighted by molar-refractivity contribution is 0.183. The molecule has 0 spiro atoms. The Morgan fingerprint density at radius 2 is 2.32 bits per heavy atom. The first-order valence-corrected chi connectivity index (χ1v) is 8.21. The molecule has 1 fully saturated rings. The first-order valence-electron chi connectivity index (χ1n) is 7.33. The van der Waals surface area contributed by atoms with Crippen LogP contribution in [0.1, 0.15) is 36.2 Å². The molecule has 1 saturated heterocycles. The average Bonchev–Trinajstić information content (AvgIpc) is 3.26. The number of thiophene rings is 1. The van der Waals surface area contributed by atoms with E-state index in [0.717, 1.165) is 35.7 Å². The topological polar surface area (TPSA) is 68.2 Å². The summed E-state index contributed by atoms with van der Waals surface area (Å²) in [5, 5.41) is 10.1. The molecule has 1 aliphatic rings. The second-order valence-electron chi connectivity index (χ2n) is 5.49. The Hall–Kier alpha value is -1.99. The highest BCUT2D eigenvalue weighted by atomic mass is 32.1. The van der Waals surface area contributed by atoms with Crippen LogP contribution in [0.2, 0.25) is 0 Å². The predicted molar refractivity (Wildman–Crippen MR) is 81.2 cm³/mol. The van der Waals surface area contributed by atoms with Crippen molar-refractivity contribution in [3.05, 3.63) is 40.9 Å². The summed E-state index contributed by atoms with van der Waals surface area (Å²) in [7, 11) is 0. The van der Waals surface area contributed by atoms with Gasteiger partial charge in [0.25, 0.3) is 0 Å². The standard InChI is InChI=1S/C15H16N4O2S/c1-10-8-12(20-17-10)11-4-2-6-19(11)9-14-16-15(18-21-14)13-5-3-7-22-13/h3,5,7-8,11H,2,4,6,9H2,1H3/t11-/m0/s1. The number of rotatable bonds is 4. The third-order valence-electron chi connectivity index (χ3n) is 3.89. The minimum absolute atomic E-state index is 0.248. The average molecular weight is 316 g/mol. The molecule has 7 heteroatoms. The molecule has 6 nitrogen and oxygen atoms in total. The molecule has 0 N–H and O–H groups in total. The Balaban J connectivity index is 1.50. The summed E-state index contributed by atoms with van der Waals surface area (Å²) in [5.41, 5.74) is 0.916. The van der Waals surface area contributed by atoms with Crippen LogP contribution in [0, 0.1) is 6.92 Å². The van der Waals surface area contributed by atoms with Crippen molar-refractivity contribution in [2.45, 2.75) is 32.4 Å². The highest BCUT2D eigenvalue weighted by Crippen LogP contribution is 2.33. The number of likely N-dealkylation sites (tertiary alicyclic amines) is 1. The zero-order chi connectivity index (χ0) is 14.9. The molecule has 0 amide bonds. The molecule has 4 rings (SSSR count). The second kappa shape index (κ2) is 5.66. The maximum absolute atomic E-state index is 5.42. The fourth-order valence-corrected chi connectivity index (χ4v) is 3.53. The van der Waals surface area contributed by atoms with Gasteiger partial charge in [-0.15, -0.1) is 11.3 Å². The smallest absolute Gasteiger partial charge is 0.241 e. The van der Waals surface area contributed by atoms with Crippen molar-refractivity contribution in [1.29, 1.82) is 0 Å². The Labute approximate surface area is 131 Å². The van der Waals surface area contributed by atoms with Crippen molar-refractivity contribution in [3.8, 4) is 10.7 Å². The van der Waals surface area contributed by atoms with Crippen LogP contribution in [0.5, 0.6) is 0 Å². The number of aromatic nitrogens is 3. The van der Waals surface area contributed by atoms with Gasteiger partial charge < -0.3 is 9.05 Å². The molecule has 114 valence electrons. The van der Waals surface area contributed by atoms with Gasteiger partial charge in [-0.25, -0.2) is 0 Å². The van der Waals surface area contributed by atoms with Gasteiger partial charge in [0, 0.05) is 6.07 Å². The molecule has 0 unspecified atom stereocenters. The summed E-state index contributed by atoms with van der Waals surface area (Å²) in [4.78, 5) is 7.83. The van der Waals surface area contributed by atoms with Gasteiger partial charge in [-0.3, -0.25) is 4.90 Å².